The molecular formula is C18H22O2. The van der Waals surface area contributed by atoms with E-state index in [2.05, 4.69) is 13.5 Å². The molecule has 0 fully saturated rings. The van der Waals surface area contributed by atoms with Gasteiger partial charge in [0, 0.05) is 17.0 Å². The van der Waals surface area contributed by atoms with Crippen LogP contribution in [0.4, 0.5) is 0 Å². The van der Waals surface area contributed by atoms with Gasteiger partial charge in [-0.15, -0.1) is 0 Å². The molecular weight excluding hydrogens is 248 g/mol. The number of carbonyl (C=O) groups is 2. The van der Waals surface area contributed by atoms with E-state index in [0.717, 1.165) is 43.2 Å². The van der Waals surface area contributed by atoms with Gasteiger partial charge in [-0.2, -0.15) is 0 Å². The third kappa shape index (κ3) is 2.90. The van der Waals surface area contributed by atoms with Crippen molar-refractivity contribution in [2.24, 2.45) is 5.92 Å². The van der Waals surface area contributed by atoms with Crippen LogP contribution in [0.25, 0.3) is 0 Å². The summed E-state index contributed by atoms with van der Waals surface area (Å²) >= 11 is 0. The summed E-state index contributed by atoms with van der Waals surface area (Å²) in [4.78, 5) is 24.4. The van der Waals surface area contributed by atoms with Crippen LogP contribution in [0, 0.1) is 5.92 Å². The van der Waals surface area contributed by atoms with Gasteiger partial charge in [0.15, 0.2) is 11.6 Å². The van der Waals surface area contributed by atoms with Gasteiger partial charge in [-0.1, -0.05) is 38.5 Å². The van der Waals surface area contributed by atoms with Crippen LogP contribution >= 0.6 is 0 Å². The molecule has 2 nitrogen and oxygen atoms in total. The van der Waals surface area contributed by atoms with Crippen molar-refractivity contribution in [3.63, 3.8) is 0 Å². The molecule has 0 spiro atoms. The van der Waals surface area contributed by atoms with E-state index in [9.17, 15) is 9.59 Å². The Morgan fingerprint density at radius 1 is 1.40 bits per heavy atom. The Morgan fingerprint density at radius 2 is 2.15 bits per heavy atom. The molecule has 2 rings (SSSR count). The van der Waals surface area contributed by atoms with Crippen molar-refractivity contribution in [3.8, 4) is 0 Å². The lowest BCUT2D eigenvalue weighted by molar-refractivity contribution is 0.0892. The van der Waals surface area contributed by atoms with E-state index in [4.69, 9.17) is 0 Å². The van der Waals surface area contributed by atoms with Crippen molar-refractivity contribution in [2.75, 3.05) is 0 Å². The van der Waals surface area contributed by atoms with E-state index >= 15 is 0 Å². The van der Waals surface area contributed by atoms with Crippen molar-refractivity contribution in [1.82, 2.24) is 0 Å². The minimum absolute atomic E-state index is 0.0339. The predicted octanol–water partition coefficient (Wildman–Crippen LogP) is 4.38. The fourth-order valence-corrected chi connectivity index (χ4v) is 2.84. The lowest BCUT2D eigenvalue weighted by Crippen LogP contribution is -2.23. The summed E-state index contributed by atoms with van der Waals surface area (Å²) < 4.78 is 0. The number of aryl methyl sites for hydroxylation is 1. The van der Waals surface area contributed by atoms with Crippen LogP contribution in [0.15, 0.2) is 30.4 Å². The zero-order valence-electron chi connectivity index (χ0n) is 12.4. The van der Waals surface area contributed by atoms with E-state index in [1.807, 2.05) is 12.1 Å². The molecule has 0 aliphatic heterocycles. The van der Waals surface area contributed by atoms with Crippen molar-refractivity contribution in [1.29, 1.82) is 0 Å². The second-order valence-electron chi connectivity index (χ2n) is 5.72. The molecule has 2 heteroatoms. The molecule has 0 N–H and O–H groups in total. The first-order valence-corrected chi connectivity index (χ1v) is 7.42. The van der Waals surface area contributed by atoms with Gasteiger partial charge in [0.2, 0.25) is 0 Å². The van der Waals surface area contributed by atoms with Crippen LogP contribution in [0.5, 0.6) is 0 Å². The van der Waals surface area contributed by atoms with Crippen LogP contribution in [-0.2, 0) is 6.42 Å². The number of fused-ring (bicyclic) bond motifs is 1. The molecule has 1 atom stereocenters. The summed E-state index contributed by atoms with van der Waals surface area (Å²) in [6.07, 6.45) is 5.03. The molecule has 0 radical (unpaired) electrons. The van der Waals surface area contributed by atoms with E-state index in [0.29, 0.717) is 11.1 Å². The van der Waals surface area contributed by atoms with Crippen molar-refractivity contribution >= 4 is 11.6 Å². The number of hydrogen-bond donors (Lipinski definition) is 0. The van der Waals surface area contributed by atoms with Crippen LogP contribution in [-0.4, -0.2) is 11.6 Å². The minimum Gasteiger partial charge on any atom is -0.294 e. The summed E-state index contributed by atoms with van der Waals surface area (Å²) in [5.74, 6) is 0.396. The first-order chi connectivity index (χ1) is 9.54. The number of Topliss-reactive ketones (excluding diaryl/α,β-unsaturated/α-hetero) is 2. The molecule has 1 aliphatic rings. The Kier molecular flexibility index (Phi) is 4.53. The first-order valence-electron chi connectivity index (χ1n) is 7.42. The van der Waals surface area contributed by atoms with Gasteiger partial charge < -0.3 is 0 Å². The molecule has 0 heterocycles. The average Bonchev–Trinajstić information content (AvgIpc) is 2.45. The molecule has 0 amide bonds. The second kappa shape index (κ2) is 6.17. The predicted molar refractivity (Wildman–Crippen MR) is 81.3 cm³/mol. The highest BCUT2D eigenvalue weighted by Crippen LogP contribution is 2.29. The summed E-state index contributed by atoms with van der Waals surface area (Å²) in [7, 11) is 0. The van der Waals surface area contributed by atoms with Gasteiger partial charge in [0.1, 0.15) is 0 Å². The number of carbonyl (C=O) groups excluding carboxylic acids is 2. The third-order valence-electron chi connectivity index (χ3n) is 4.06. The largest absolute Gasteiger partial charge is 0.294 e. The summed E-state index contributed by atoms with van der Waals surface area (Å²) in [6.45, 7) is 7.55. The van der Waals surface area contributed by atoms with Crippen LogP contribution in [0.1, 0.15) is 65.8 Å². The Bertz CT molecular complexity index is 555. The maximum absolute atomic E-state index is 12.4. The molecule has 1 aliphatic carbocycles. The van der Waals surface area contributed by atoms with Gasteiger partial charge >= 0.3 is 0 Å². The van der Waals surface area contributed by atoms with Gasteiger partial charge in [0.05, 0.1) is 0 Å². The van der Waals surface area contributed by atoms with Crippen LogP contribution < -0.4 is 0 Å². The van der Waals surface area contributed by atoms with Gasteiger partial charge in [0.25, 0.3) is 0 Å². The van der Waals surface area contributed by atoms with E-state index in [1.165, 1.54) is 0 Å². The molecule has 1 aromatic carbocycles. The molecule has 20 heavy (non-hydrogen) atoms. The first kappa shape index (κ1) is 14.7. The third-order valence-corrected chi connectivity index (χ3v) is 4.06. The number of allylic oxidation sites excluding steroid dienone is 1. The zero-order valence-corrected chi connectivity index (χ0v) is 12.4. The highest BCUT2D eigenvalue weighted by molar-refractivity contribution is 6.09. The second-order valence-corrected chi connectivity index (χ2v) is 5.72. The van der Waals surface area contributed by atoms with Gasteiger partial charge in [-0.3, -0.25) is 9.59 Å². The summed E-state index contributed by atoms with van der Waals surface area (Å²) in [6, 6.07) is 5.46. The van der Waals surface area contributed by atoms with Crippen LogP contribution in [0.3, 0.4) is 0 Å². The highest BCUT2D eigenvalue weighted by Gasteiger charge is 2.27. The average molecular weight is 270 g/mol. The van der Waals surface area contributed by atoms with Gasteiger partial charge in [-0.25, -0.2) is 0 Å². The SMILES string of the molecule is C=C(C)C(=O)c1ccc2c(c1)CCC(CCCC)C2=O. The fourth-order valence-electron chi connectivity index (χ4n) is 2.84. The molecule has 0 saturated heterocycles. The molecule has 0 saturated carbocycles. The monoisotopic (exact) mass is 270 g/mol. The number of hydrogen-bond acceptors (Lipinski definition) is 2. The smallest absolute Gasteiger partial charge is 0.188 e. The van der Waals surface area contributed by atoms with Crippen molar-refractivity contribution in [2.45, 2.75) is 46.0 Å². The Morgan fingerprint density at radius 3 is 2.80 bits per heavy atom. The molecule has 106 valence electrons. The lowest BCUT2D eigenvalue weighted by atomic mass is 9.79. The minimum atomic E-state index is -0.0339. The Labute approximate surface area is 120 Å². The summed E-state index contributed by atoms with van der Waals surface area (Å²) in [5, 5.41) is 0. The van der Waals surface area contributed by atoms with E-state index < -0.39 is 0 Å². The number of rotatable bonds is 5. The van der Waals surface area contributed by atoms with Crippen molar-refractivity contribution < 1.29 is 9.59 Å². The number of benzene rings is 1. The lowest BCUT2D eigenvalue weighted by Gasteiger charge is -2.23. The zero-order chi connectivity index (χ0) is 14.7. The standard InChI is InChI=1S/C18H22O2/c1-4-5-6-13-7-8-14-11-15(17(19)12(2)3)9-10-16(14)18(13)20/h9-11,13H,2,4-8H2,1,3H3. The Balaban J connectivity index is 2.24. The normalized spacial score (nSPS) is 17.7. The topological polar surface area (TPSA) is 34.1 Å². The van der Waals surface area contributed by atoms with Crippen LogP contribution in [0.2, 0.25) is 0 Å². The van der Waals surface area contributed by atoms with Gasteiger partial charge in [-0.05, 0) is 43.4 Å². The molecule has 1 unspecified atom stereocenters. The number of unbranched alkanes of at least 4 members (excludes halogenated alkanes) is 1. The Hall–Kier alpha value is -1.70. The fraction of sp³-hybridized carbons (Fsp3) is 0.444. The summed E-state index contributed by atoms with van der Waals surface area (Å²) in [5.41, 5.74) is 3.02. The molecule has 1 aromatic rings. The maximum atomic E-state index is 12.4. The quantitative estimate of drug-likeness (QED) is 0.587. The van der Waals surface area contributed by atoms with Crippen molar-refractivity contribution in [3.05, 3.63) is 47.0 Å². The molecule has 0 bridgehead atoms. The highest BCUT2D eigenvalue weighted by atomic mass is 16.1. The number of ketones is 2. The molecule has 0 aromatic heterocycles. The van der Waals surface area contributed by atoms with E-state index in [-0.39, 0.29) is 17.5 Å². The van der Waals surface area contributed by atoms with E-state index in [1.54, 1.807) is 13.0 Å². The maximum Gasteiger partial charge on any atom is 0.188 e.